The van der Waals surface area contributed by atoms with Crippen LogP contribution in [0.5, 0.6) is 0 Å². The number of carbonyl (C=O) groups excluding carboxylic acids is 1. The third kappa shape index (κ3) is 3.67. The summed E-state index contributed by atoms with van der Waals surface area (Å²) in [5, 5.41) is 13.3. The number of benzene rings is 1. The van der Waals surface area contributed by atoms with Crippen molar-refractivity contribution >= 4 is 21.6 Å². The molecular formula is C16H21N3O5S. The van der Waals surface area contributed by atoms with Gasteiger partial charge in [-0.15, -0.1) is 0 Å². The maximum Gasteiger partial charge on any atom is 0.243 e. The van der Waals surface area contributed by atoms with Crippen molar-refractivity contribution in [1.82, 2.24) is 4.31 Å². The van der Waals surface area contributed by atoms with Crippen LogP contribution in [0.4, 0.5) is 5.69 Å². The van der Waals surface area contributed by atoms with Crippen LogP contribution in [-0.4, -0.2) is 42.7 Å². The standard InChI is InChI=1S/C16H21N3O5S/c1-11-5-6-12(17-16(20)13-10-14(13)19(21)22)9-15(11)25(23,24)18-7-3-2-4-8-18/h5-6,9,13-14H,2-4,7-8,10H2,1H3,(H,17,20)/t13-,14-/m1/s1. The number of carbonyl (C=O) groups is 1. The minimum Gasteiger partial charge on any atom is -0.326 e. The molecule has 8 nitrogen and oxygen atoms in total. The van der Waals surface area contributed by atoms with Gasteiger partial charge in [-0.2, -0.15) is 4.31 Å². The molecule has 2 aliphatic rings. The summed E-state index contributed by atoms with van der Waals surface area (Å²) in [6.45, 7) is 2.72. The van der Waals surface area contributed by atoms with E-state index in [1.165, 1.54) is 10.4 Å². The molecule has 0 radical (unpaired) electrons. The van der Waals surface area contributed by atoms with Crippen molar-refractivity contribution in [3.63, 3.8) is 0 Å². The highest BCUT2D eigenvalue weighted by Gasteiger charge is 2.53. The fraction of sp³-hybridized carbons (Fsp3) is 0.562. The Labute approximate surface area is 146 Å². The Balaban J connectivity index is 1.79. The van der Waals surface area contributed by atoms with E-state index in [0.717, 1.165) is 19.3 Å². The van der Waals surface area contributed by atoms with E-state index in [4.69, 9.17) is 0 Å². The first-order valence-electron chi connectivity index (χ1n) is 8.36. The number of sulfonamides is 1. The Morgan fingerprint density at radius 2 is 1.96 bits per heavy atom. The molecular weight excluding hydrogens is 346 g/mol. The molecule has 1 aliphatic heterocycles. The lowest BCUT2D eigenvalue weighted by Crippen LogP contribution is -2.36. The monoisotopic (exact) mass is 367 g/mol. The van der Waals surface area contributed by atoms with Crippen LogP contribution in [-0.2, 0) is 14.8 Å². The Hall–Kier alpha value is -2.00. The molecule has 1 saturated heterocycles. The van der Waals surface area contributed by atoms with Crippen LogP contribution in [0.25, 0.3) is 0 Å². The van der Waals surface area contributed by atoms with Gasteiger partial charge in [0.15, 0.2) is 0 Å². The zero-order valence-electron chi connectivity index (χ0n) is 14.0. The van der Waals surface area contributed by atoms with Gasteiger partial charge < -0.3 is 5.32 Å². The molecule has 0 spiro atoms. The van der Waals surface area contributed by atoms with Crippen molar-refractivity contribution in [2.24, 2.45) is 5.92 Å². The second-order valence-electron chi connectivity index (χ2n) is 6.63. The van der Waals surface area contributed by atoms with Crippen molar-refractivity contribution in [3.05, 3.63) is 33.9 Å². The van der Waals surface area contributed by atoms with Crippen LogP contribution in [0.3, 0.4) is 0 Å². The minimum absolute atomic E-state index is 0.175. The van der Waals surface area contributed by atoms with Crippen molar-refractivity contribution < 1.29 is 18.1 Å². The van der Waals surface area contributed by atoms with E-state index in [0.29, 0.717) is 24.3 Å². The zero-order chi connectivity index (χ0) is 18.2. The van der Waals surface area contributed by atoms with Crippen LogP contribution in [0.2, 0.25) is 0 Å². The molecule has 1 amide bonds. The van der Waals surface area contributed by atoms with Gasteiger partial charge in [-0.1, -0.05) is 12.5 Å². The zero-order valence-corrected chi connectivity index (χ0v) is 14.8. The number of anilines is 1. The quantitative estimate of drug-likeness (QED) is 0.630. The molecule has 1 aromatic carbocycles. The van der Waals surface area contributed by atoms with E-state index in [2.05, 4.69) is 5.32 Å². The molecule has 2 atom stereocenters. The topological polar surface area (TPSA) is 110 Å². The lowest BCUT2D eigenvalue weighted by molar-refractivity contribution is -0.497. The van der Waals surface area contributed by atoms with Crippen molar-refractivity contribution in [2.45, 2.75) is 43.5 Å². The Morgan fingerprint density at radius 3 is 2.56 bits per heavy atom. The predicted octanol–water partition coefficient (Wildman–Crippen LogP) is 1.77. The van der Waals surface area contributed by atoms with Gasteiger partial charge in [0.05, 0.1) is 4.90 Å². The summed E-state index contributed by atoms with van der Waals surface area (Å²) in [6.07, 6.45) is 2.95. The van der Waals surface area contributed by atoms with Gasteiger partial charge in [-0.25, -0.2) is 8.42 Å². The number of amides is 1. The Bertz CT molecular complexity index is 802. The first-order chi connectivity index (χ1) is 11.8. The Kier molecular flexibility index (Phi) is 4.79. The highest BCUT2D eigenvalue weighted by atomic mass is 32.2. The highest BCUT2D eigenvalue weighted by molar-refractivity contribution is 7.89. The van der Waals surface area contributed by atoms with Gasteiger partial charge in [0.1, 0.15) is 5.92 Å². The van der Waals surface area contributed by atoms with E-state index in [1.807, 2.05) is 0 Å². The molecule has 0 aromatic heterocycles. The van der Waals surface area contributed by atoms with Crippen LogP contribution >= 0.6 is 0 Å². The summed E-state index contributed by atoms with van der Waals surface area (Å²) in [6, 6.07) is 3.87. The van der Waals surface area contributed by atoms with Gasteiger partial charge >= 0.3 is 0 Å². The molecule has 1 heterocycles. The third-order valence-electron chi connectivity index (χ3n) is 4.75. The highest BCUT2D eigenvalue weighted by Crippen LogP contribution is 2.34. The number of rotatable bonds is 5. The normalized spacial score (nSPS) is 23.9. The lowest BCUT2D eigenvalue weighted by Gasteiger charge is -2.26. The lowest BCUT2D eigenvalue weighted by atomic mass is 10.2. The molecule has 0 bridgehead atoms. The number of nitrogens with zero attached hydrogens (tertiary/aromatic N) is 2. The molecule has 1 aliphatic carbocycles. The summed E-state index contributed by atoms with van der Waals surface area (Å²) in [7, 11) is -3.61. The predicted molar refractivity (Wildman–Crippen MR) is 91.3 cm³/mol. The molecule has 1 saturated carbocycles. The van der Waals surface area contributed by atoms with E-state index in [9.17, 15) is 23.3 Å². The largest absolute Gasteiger partial charge is 0.326 e. The van der Waals surface area contributed by atoms with E-state index >= 15 is 0 Å². The molecule has 1 aromatic rings. The average Bonchev–Trinajstić information content (AvgIpc) is 3.38. The average molecular weight is 367 g/mol. The Morgan fingerprint density at radius 1 is 1.28 bits per heavy atom. The second-order valence-corrected chi connectivity index (χ2v) is 8.54. The van der Waals surface area contributed by atoms with E-state index in [1.54, 1.807) is 19.1 Å². The van der Waals surface area contributed by atoms with Crippen molar-refractivity contribution in [3.8, 4) is 0 Å². The molecule has 0 unspecified atom stereocenters. The van der Waals surface area contributed by atoms with E-state index < -0.39 is 32.8 Å². The van der Waals surface area contributed by atoms with Crippen molar-refractivity contribution in [2.75, 3.05) is 18.4 Å². The van der Waals surface area contributed by atoms with Crippen molar-refractivity contribution in [1.29, 1.82) is 0 Å². The smallest absolute Gasteiger partial charge is 0.243 e. The summed E-state index contributed by atoms with van der Waals surface area (Å²) in [5.74, 6) is -1.08. The molecule has 3 rings (SSSR count). The first kappa shape index (κ1) is 17.8. The molecule has 2 fully saturated rings. The summed E-state index contributed by atoms with van der Waals surface area (Å²) in [4.78, 5) is 22.5. The van der Waals surface area contributed by atoms with Crippen LogP contribution < -0.4 is 5.32 Å². The van der Waals surface area contributed by atoms with Gasteiger partial charge in [0, 0.05) is 30.1 Å². The van der Waals surface area contributed by atoms with Gasteiger partial charge in [-0.05, 0) is 37.5 Å². The number of aryl methyl sites for hydroxylation is 1. The SMILES string of the molecule is Cc1ccc(NC(=O)[C@@H]2C[C@H]2[N+](=O)[O-])cc1S(=O)(=O)N1CCCCC1. The molecule has 9 heteroatoms. The van der Waals surface area contributed by atoms with Gasteiger partial charge in [0.25, 0.3) is 0 Å². The van der Waals surface area contributed by atoms with Crippen LogP contribution in [0, 0.1) is 23.0 Å². The third-order valence-corrected chi connectivity index (χ3v) is 6.79. The summed E-state index contributed by atoms with van der Waals surface area (Å²) < 4.78 is 27.2. The fourth-order valence-electron chi connectivity index (χ4n) is 3.13. The number of nitrogens with one attached hydrogen (secondary N) is 1. The molecule has 136 valence electrons. The summed E-state index contributed by atoms with van der Waals surface area (Å²) >= 11 is 0. The number of hydrogen-bond donors (Lipinski definition) is 1. The maximum absolute atomic E-state index is 12.9. The number of nitro groups is 1. The first-order valence-corrected chi connectivity index (χ1v) is 9.80. The van der Waals surface area contributed by atoms with Crippen LogP contribution in [0.1, 0.15) is 31.2 Å². The van der Waals surface area contributed by atoms with E-state index in [-0.39, 0.29) is 11.3 Å². The minimum atomic E-state index is -3.61. The number of piperidine rings is 1. The van der Waals surface area contributed by atoms with Gasteiger partial charge in [-0.3, -0.25) is 14.9 Å². The van der Waals surface area contributed by atoms with Crippen LogP contribution in [0.15, 0.2) is 23.1 Å². The molecule has 25 heavy (non-hydrogen) atoms. The second kappa shape index (κ2) is 6.72. The fourth-order valence-corrected chi connectivity index (χ4v) is 4.90. The van der Waals surface area contributed by atoms with Gasteiger partial charge in [0.2, 0.25) is 22.0 Å². The molecule has 1 N–H and O–H groups in total. The maximum atomic E-state index is 12.9. The number of hydrogen-bond acceptors (Lipinski definition) is 5. The summed E-state index contributed by atoms with van der Waals surface area (Å²) in [5.41, 5.74) is 0.957.